The van der Waals surface area contributed by atoms with E-state index in [-0.39, 0.29) is 12.2 Å². The Morgan fingerprint density at radius 3 is 2.71 bits per heavy atom. The maximum atomic E-state index is 11.3. The lowest BCUT2D eigenvalue weighted by Gasteiger charge is -2.19. The van der Waals surface area contributed by atoms with Gasteiger partial charge >= 0.3 is 12.1 Å². The van der Waals surface area contributed by atoms with Gasteiger partial charge in [-0.25, -0.2) is 14.6 Å². The molecule has 0 radical (unpaired) electrons. The summed E-state index contributed by atoms with van der Waals surface area (Å²) in [6.07, 6.45) is -0.581. The lowest BCUT2D eigenvalue weighted by Crippen LogP contribution is -2.32. The van der Waals surface area contributed by atoms with Gasteiger partial charge in [-0.15, -0.1) is 11.3 Å². The van der Waals surface area contributed by atoms with Crippen LogP contribution in [0.4, 0.5) is 4.79 Å². The van der Waals surface area contributed by atoms with E-state index in [4.69, 9.17) is 9.84 Å². The third-order valence-electron chi connectivity index (χ3n) is 1.64. The Hall–Kier alpha value is -1.63. The first kappa shape index (κ1) is 13.4. The smallest absolute Gasteiger partial charge is 0.407 e. The fourth-order valence-corrected chi connectivity index (χ4v) is 1.73. The van der Waals surface area contributed by atoms with Crippen LogP contribution in [-0.2, 0) is 11.3 Å². The molecule has 0 atom stereocenters. The number of thiazole rings is 1. The van der Waals surface area contributed by atoms with Crippen LogP contribution >= 0.6 is 11.3 Å². The second kappa shape index (κ2) is 5.13. The maximum Gasteiger partial charge on any atom is 0.407 e. The molecule has 0 fully saturated rings. The number of amides is 1. The van der Waals surface area contributed by atoms with Crippen molar-refractivity contribution in [3.8, 4) is 0 Å². The Balaban J connectivity index is 2.53. The van der Waals surface area contributed by atoms with Gasteiger partial charge in [0.25, 0.3) is 0 Å². The second-order valence-electron chi connectivity index (χ2n) is 4.28. The number of ether oxygens (including phenoxy) is 1. The van der Waals surface area contributed by atoms with E-state index in [0.717, 1.165) is 0 Å². The number of carboxylic acids is 1. The fraction of sp³-hybridized carbons (Fsp3) is 0.500. The number of aromatic nitrogens is 1. The predicted octanol–water partition coefficient (Wildman–Crippen LogP) is 1.87. The van der Waals surface area contributed by atoms with E-state index in [1.165, 1.54) is 16.8 Å². The highest BCUT2D eigenvalue weighted by Gasteiger charge is 2.18. The van der Waals surface area contributed by atoms with Gasteiger partial charge in [0.15, 0.2) is 5.69 Å². The van der Waals surface area contributed by atoms with Gasteiger partial charge in [0.05, 0.1) is 16.9 Å². The molecule has 2 N–H and O–H groups in total. The number of nitrogens with one attached hydrogen (secondary N) is 1. The molecule has 0 aliphatic heterocycles. The van der Waals surface area contributed by atoms with Gasteiger partial charge in [0.2, 0.25) is 0 Å². The van der Waals surface area contributed by atoms with Crippen molar-refractivity contribution in [2.45, 2.75) is 32.9 Å². The van der Waals surface area contributed by atoms with E-state index < -0.39 is 17.7 Å². The molecule has 1 rings (SSSR count). The van der Waals surface area contributed by atoms with Gasteiger partial charge in [0, 0.05) is 0 Å². The highest BCUT2D eigenvalue weighted by molar-refractivity contribution is 7.09. The Morgan fingerprint density at radius 1 is 1.53 bits per heavy atom. The van der Waals surface area contributed by atoms with E-state index in [9.17, 15) is 9.59 Å². The topological polar surface area (TPSA) is 88.5 Å². The zero-order chi connectivity index (χ0) is 13.1. The van der Waals surface area contributed by atoms with Crippen LogP contribution < -0.4 is 5.32 Å². The molecule has 0 unspecified atom stereocenters. The Labute approximate surface area is 103 Å². The highest BCUT2D eigenvalue weighted by atomic mass is 32.1. The van der Waals surface area contributed by atoms with E-state index in [1.807, 2.05) is 0 Å². The van der Waals surface area contributed by atoms with Gasteiger partial charge in [-0.3, -0.25) is 0 Å². The summed E-state index contributed by atoms with van der Waals surface area (Å²) in [5, 5.41) is 11.3. The summed E-state index contributed by atoms with van der Waals surface area (Å²) >= 11 is 1.18. The van der Waals surface area contributed by atoms with Crippen LogP contribution in [0.5, 0.6) is 0 Å². The van der Waals surface area contributed by atoms with E-state index >= 15 is 0 Å². The van der Waals surface area contributed by atoms with Crippen molar-refractivity contribution in [1.82, 2.24) is 10.3 Å². The minimum atomic E-state index is -1.10. The van der Waals surface area contributed by atoms with Crippen molar-refractivity contribution in [2.75, 3.05) is 0 Å². The summed E-state index contributed by atoms with van der Waals surface area (Å²) in [4.78, 5) is 26.3. The van der Waals surface area contributed by atoms with Crippen molar-refractivity contribution in [2.24, 2.45) is 0 Å². The molecule has 1 amide bonds. The van der Waals surface area contributed by atoms with Gasteiger partial charge in [0.1, 0.15) is 5.60 Å². The molecule has 7 heteroatoms. The number of alkyl carbamates (subject to hydrolysis) is 1. The molecule has 0 saturated carbocycles. The highest BCUT2D eigenvalue weighted by Crippen LogP contribution is 2.13. The zero-order valence-electron chi connectivity index (χ0n) is 9.81. The van der Waals surface area contributed by atoms with Crippen LogP contribution in [0.3, 0.4) is 0 Å². The molecule has 0 aliphatic rings. The van der Waals surface area contributed by atoms with Crippen molar-refractivity contribution in [3.05, 3.63) is 16.1 Å². The molecule has 1 aromatic heterocycles. The van der Waals surface area contributed by atoms with Crippen LogP contribution in [0, 0.1) is 0 Å². The molecule has 0 spiro atoms. The third kappa shape index (κ3) is 4.39. The first-order valence-electron chi connectivity index (χ1n) is 4.92. The monoisotopic (exact) mass is 258 g/mol. The number of aromatic carboxylic acids is 1. The van der Waals surface area contributed by atoms with Crippen LogP contribution in [0.25, 0.3) is 0 Å². The predicted molar refractivity (Wildman–Crippen MR) is 62.1 cm³/mol. The molecule has 0 saturated heterocycles. The first-order valence-corrected chi connectivity index (χ1v) is 5.80. The largest absolute Gasteiger partial charge is 0.476 e. The number of carboxylic acid groups (broad SMARTS) is 1. The lowest BCUT2D eigenvalue weighted by molar-refractivity contribution is 0.0521. The summed E-state index contributed by atoms with van der Waals surface area (Å²) in [6, 6.07) is 0. The average Bonchev–Trinajstić information content (AvgIpc) is 2.59. The minimum absolute atomic E-state index is 0.0361. The van der Waals surface area contributed by atoms with E-state index in [0.29, 0.717) is 4.88 Å². The number of hydrogen-bond acceptors (Lipinski definition) is 5. The third-order valence-corrected chi connectivity index (χ3v) is 2.47. The number of nitrogens with zero attached hydrogens (tertiary/aromatic N) is 1. The van der Waals surface area contributed by atoms with Crippen LogP contribution in [0.1, 0.15) is 36.1 Å². The normalized spacial score (nSPS) is 11.0. The van der Waals surface area contributed by atoms with Crippen molar-refractivity contribution >= 4 is 23.4 Å². The average molecular weight is 258 g/mol. The number of rotatable bonds is 3. The Morgan fingerprint density at radius 2 is 2.18 bits per heavy atom. The molecule has 0 bridgehead atoms. The molecule has 1 heterocycles. The number of carbonyl (C=O) groups is 2. The molecule has 1 aromatic rings. The van der Waals surface area contributed by atoms with Crippen LogP contribution in [-0.4, -0.2) is 27.8 Å². The Bertz CT molecular complexity index is 422. The summed E-state index contributed by atoms with van der Waals surface area (Å²) in [6.45, 7) is 5.35. The first-order chi connectivity index (χ1) is 7.79. The van der Waals surface area contributed by atoms with Gasteiger partial charge in [-0.05, 0) is 20.8 Å². The van der Waals surface area contributed by atoms with Crippen LogP contribution in [0.2, 0.25) is 0 Å². The second-order valence-corrected chi connectivity index (χ2v) is 5.22. The summed E-state index contributed by atoms with van der Waals surface area (Å²) < 4.78 is 5.02. The zero-order valence-corrected chi connectivity index (χ0v) is 10.6. The fourth-order valence-electron chi connectivity index (χ4n) is 1.04. The maximum absolute atomic E-state index is 11.3. The van der Waals surface area contributed by atoms with E-state index in [1.54, 1.807) is 20.8 Å². The standard InChI is InChI=1S/C10H14N2O4S/c1-10(2,3)16-9(15)11-4-6-7(8(13)14)12-5-17-6/h5H,4H2,1-3H3,(H,11,15)(H,13,14). The number of carbonyl (C=O) groups excluding carboxylic acids is 1. The Kier molecular flexibility index (Phi) is 4.06. The number of hydrogen-bond donors (Lipinski definition) is 2. The molecule has 0 aromatic carbocycles. The molecular formula is C10H14N2O4S. The van der Waals surface area contributed by atoms with Gasteiger partial charge < -0.3 is 15.2 Å². The lowest BCUT2D eigenvalue weighted by atomic mass is 10.2. The molecular weight excluding hydrogens is 244 g/mol. The quantitative estimate of drug-likeness (QED) is 0.864. The van der Waals surface area contributed by atoms with Crippen LogP contribution in [0.15, 0.2) is 5.51 Å². The SMILES string of the molecule is CC(C)(C)OC(=O)NCc1scnc1C(=O)O. The van der Waals surface area contributed by atoms with E-state index in [2.05, 4.69) is 10.3 Å². The summed E-state index contributed by atoms with van der Waals surface area (Å²) in [5.74, 6) is -1.10. The van der Waals surface area contributed by atoms with Gasteiger partial charge in [-0.1, -0.05) is 0 Å². The summed E-state index contributed by atoms with van der Waals surface area (Å²) in [5.41, 5.74) is 0.814. The minimum Gasteiger partial charge on any atom is -0.476 e. The van der Waals surface area contributed by atoms with Gasteiger partial charge in [-0.2, -0.15) is 0 Å². The molecule has 17 heavy (non-hydrogen) atoms. The van der Waals surface area contributed by atoms with Crippen molar-refractivity contribution in [1.29, 1.82) is 0 Å². The molecule has 0 aliphatic carbocycles. The van der Waals surface area contributed by atoms with Crippen molar-refractivity contribution in [3.63, 3.8) is 0 Å². The van der Waals surface area contributed by atoms with Crippen molar-refractivity contribution < 1.29 is 19.4 Å². The summed E-state index contributed by atoms with van der Waals surface area (Å²) in [7, 11) is 0. The molecule has 94 valence electrons. The molecule has 6 nitrogen and oxygen atoms in total.